The van der Waals surface area contributed by atoms with Gasteiger partial charge in [-0.05, 0) is 6.07 Å². The zero-order valence-corrected chi connectivity index (χ0v) is 11.9. The Kier molecular flexibility index (Phi) is 6.73. The molecule has 0 atom stereocenters. The molecule has 0 saturated carbocycles. The van der Waals surface area contributed by atoms with E-state index in [0.717, 1.165) is 5.75 Å². The molecule has 0 aliphatic heterocycles. The molecule has 0 aliphatic carbocycles. The van der Waals surface area contributed by atoms with Gasteiger partial charge in [0.1, 0.15) is 5.75 Å². The molecule has 1 nitrogen and oxygen atoms in total. The number of hydrogen-bond donors (Lipinski definition) is 0. The maximum atomic E-state index is 5.15. The summed E-state index contributed by atoms with van der Waals surface area (Å²) in [6, 6.07) is 26.3. The van der Waals surface area contributed by atoms with E-state index in [-0.39, 0.29) is 17.1 Å². The molecule has 0 aliphatic rings. The molecule has 0 saturated heterocycles. The Balaban J connectivity index is 0.000000256. The number of methoxy groups -OCH3 is 1. The summed E-state index contributed by atoms with van der Waals surface area (Å²) in [5.74, 6) is 0.902. The van der Waals surface area contributed by atoms with E-state index < -0.39 is 0 Å². The summed E-state index contributed by atoms with van der Waals surface area (Å²) in [4.78, 5) is 0. The number of benzene rings is 1. The van der Waals surface area contributed by atoms with E-state index in [2.05, 4.69) is 18.2 Å². The van der Waals surface area contributed by atoms with Gasteiger partial charge in [0, 0.05) is 0 Å². The number of rotatable bonds is 2. The van der Waals surface area contributed by atoms with Gasteiger partial charge in [-0.3, -0.25) is 0 Å². The van der Waals surface area contributed by atoms with Gasteiger partial charge >= 0.3 is 17.1 Å². The SMILES string of the molecule is COc1cccc(-c2ccc[cH-]2)c1.[Fe+2].c1cc[cH-]c1. The van der Waals surface area contributed by atoms with Crippen LogP contribution in [0.25, 0.3) is 11.1 Å². The second kappa shape index (κ2) is 8.36. The summed E-state index contributed by atoms with van der Waals surface area (Å²) < 4.78 is 5.15. The van der Waals surface area contributed by atoms with Crippen LogP contribution < -0.4 is 4.74 Å². The van der Waals surface area contributed by atoms with Gasteiger partial charge < -0.3 is 4.74 Å². The predicted molar refractivity (Wildman–Crippen MR) is 76.1 cm³/mol. The van der Waals surface area contributed by atoms with Crippen LogP contribution >= 0.6 is 0 Å². The van der Waals surface area contributed by atoms with Crippen LogP contribution in [0, 0.1) is 0 Å². The van der Waals surface area contributed by atoms with Gasteiger partial charge in [0.2, 0.25) is 0 Å². The Labute approximate surface area is 125 Å². The molecule has 0 bridgehead atoms. The van der Waals surface area contributed by atoms with E-state index in [0.29, 0.717) is 0 Å². The van der Waals surface area contributed by atoms with Crippen molar-refractivity contribution in [2.24, 2.45) is 0 Å². The van der Waals surface area contributed by atoms with Gasteiger partial charge in [-0.15, -0.1) is 6.07 Å². The summed E-state index contributed by atoms with van der Waals surface area (Å²) in [7, 11) is 1.68. The van der Waals surface area contributed by atoms with Gasteiger partial charge in [0.05, 0.1) is 7.11 Å². The Morgan fingerprint density at radius 3 is 2.21 bits per heavy atom. The van der Waals surface area contributed by atoms with Crippen molar-refractivity contribution in [3.8, 4) is 16.9 Å². The van der Waals surface area contributed by atoms with Gasteiger partial charge in [-0.2, -0.15) is 42.0 Å². The molecule has 0 N–H and O–H groups in total. The number of ether oxygens (including phenoxy) is 1. The molecule has 0 amide bonds. The van der Waals surface area contributed by atoms with Gasteiger partial charge in [-0.25, -0.2) is 12.1 Å². The number of hydrogen-bond acceptors (Lipinski definition) is 1. The van der Waals surface area contributed by atoms with Crippen molar-refractivity contribution >= 4 is 0 Å². The van der Waals surface area contributed by atoms with Gasteiger partial charge in [0.25, 0.3) is 0 Å². The van der Waals surface area contributed by atoms with Crippen molar-refractivity contribution in [2.45, 2.75) is 0 Å². The summed E-state index contributed by atoms with van der Waals surface area (Å²) >= 11 is 0. The van der Waals surface area contributed by atoms with E-state index in [1.807, 2.05) is 60.7 Å². The molecule has 0 heterocycles. The summed E-state index contributed by atoms with van der Waals surface area (Å²) in [5, 5.41) is 0. The fourth-order valence-electron chi connectivity index (χ4n) is 1.69. The minimum absolute atomic E-state index is 0. The third-order valence-corrected chi connectivity index (χ3v) is 2.62. The van der Waals surface area contributed by atoms with Crippen molar-refractivity contribution in [2.75, 3.05) is 7.11 Å². The topological polar surface area (TPSA) is 9.23 Å². The quantitative estimate of drug-likeness (QED) is 0.499. The van der Waals surface area contributed by atoms with E-state index in [4.69, 9.17) is 4.74 Å². The first-order chi connectivity index (χ1) is 8.90. The Bertz CT molecular complexity index is 521. The third kappa shape index (κ3) is 4.78. The van der Waals surface area contributed by atoms with Crippen LogP contribution in [-0.4, -0.2) is 7.11 Å². The molecular weight excluding hydrogens is 276 g/mol. The molecule has 3 aromatic carbocycles. The molecule has 98 valence electrons. The average Bonchev–Trinajstić information content (AvgIpc) is 3.14. The summed E-state index contributed by atoms with van der Waals surface area (Å²) in [6.45, 7) is 0. The molecule has 19 heavy (non-hydrogen) atoms. The second-order valence-corrected chi connectivity index (χ2v) is 3.87. The molecule has 2 heteroatoms. The largest absolute Gasteiger partial charge is 2.00 e. The first-order valence-electron chi connectivity index (χ1n) is 5.93. The van der Waals surface area contributed by atoms with Crippen LogP contribution in [0.4, 0.5) is 0 Å². The minimum atomic E-state index is 0. The van der Waals surface area contributed by atoms with E-state index in [1.165, 1.54) is 11.1 Å². The molecule has 0 aromatic heterocycles. The van der Waals surface area contributed by atoms with Crippen LogP contribution in [-0.2, 0) is 17.1 Å². The van der Waals surface area contributed by atoms with Crippen LogP contribution in [0.3, 0.4) is 0 Å². The van der Waals surface area contributed by atoms with Crippen molar-refractivity contribution in [1.82, 2.24) is 0 Å². The molecule has 0 unspecified atom stereocenters. The second-order valence-electron chi connectivity index (χ2n) is 3.87. The Morgan fingerprint density at radius 1 is 0.895 bits per heavy atom. The van der Waals surface area contributed by atoms with Crippen molar-refractivity contribution in [1.29, 1.82) is 0 Å². The monoisotopic (exact) mass is 292 g/mol. The summed E-state index contributed by atoms with van der Waals surface area (Å²) in [6.07, 6.45) is 0. The van der Waals surface area contributed by atoms with Crippen LogP contribution in [0.15, 0.2) is 78.9 Å². The van der Waals surface area contributed by atoms with Crippen molar-refractivity contribution in [3.63, 3.8) is 0 Å². The normalized spacial score (nSPS) is 8.89. The molecule has 3 rings (SSSR count). The Morgan fingerprint density at radius 2 is 1.68 bits per heavy atom. The minimum Gasteiger partial charge on any atom is -0.498 e. The molecular formula is C17H16FeO. The summed E-state index contributed by atoms with van der Waals surface area (Å²) in [5.41, 5.74) is 2.43. The molecule has 0 fully saturated rings. The van der Waals surface area contributed by atoms with Gasteiger partial charge in [0.15, 0.2) is 0 Å². The maximum absolute atomic E-state index is 5.15. The van der Waals surface area contributed by atoms with E-state index in [1.54, 1.807) is 7.11 Å². The zero-order valence-electron chi connectivity index (χ0n) is 10.8. The van der Waals surface area contributed by atoms with Crippen LogP contribution in [0.1, 0.15) is 0 Å². The average molecular weight is 292 g/mol. The smallest absolute Gasteiger partial charge is 0.498 e. The van der Waals surface area contributed by atoms with Crippen LogP contribution in [0.5, 0.6) is 5.75 Å². The van der Waals surface area contributed by atoms with Crippen LogP contribution in [0.2, 0.25) is 0 Å². The predicted octanol–water partition coefficient (Wildman–Crippen LogP) is 4.48. The first kappa shape index (κ1) is 15.3. The fraction of sp³-hybridized carbons (Fsp3) is 0.0588. The standard InChI is InChI=1S/C12H11O.C5H5.Fe/c1-13-12-8-4-7-11(9-12)10-5-2-3-6-10;1-2-4-5-3-1;/h2-9H,1H3;1-5H;/q2*-1;+2. The third-order valence-electron chi connectivity index (χ3n) is 2.62. The zero-order chi connectivity index (χ0) is 12.6. The van der Waals surface area contributed by atoms with Crippen molar-refractivity contribution < 1.29 is 21.8 Å². The van der Waals surface area contributed by atoms with E-state index in [9.17, 15) is 0 Å². The maximum Gasteiger partial charge on any atom is 2.00 e. The molecule has 3 aromatic rings. The van der Waals surface area contributed by atoms with E-state index >= 15 is 0 Å². The Hall–Kier alpha value is -1.76. The van der Waals surface area contributed by atoms with Gasteiger partial charge in [-0.1, -0.05) is 23.8 Å². The molecule has 0 spiro atoms. The molecule has 0 radical (unpaired) electrons. The van der Waals surface area contributed by atoms with Crippen molar-refractivity contribution in [3.05, 3.63) is 78.9 Å². The fourth-order valence-corrected chi connectivity index (χ4v) is 1.69. The first-order valence-corrected chi connectivity index (χ1v) is 5.93.